The van der Waals surface area contributed by atoms with Crippen LogP contribution < -0.4 is 15.6 Å². The molecule has 0 amide bonds. The molecule has 2 aromatic heterocycles. The number of rotatable bonds is 7. The second kappa shape index (κ2) is 10.1. The van der Waals surface area contributed by atoms with Crippen LogP contribution in [0, 0.1) is 18.3 Å². The van der Waals surface area contributed by atoms with Crippen LogP contribution in [0.1, 0.15) is 16.8 Å². The van der Waals surface area contributed by atoms with E-state index in [2.05, 4.69) is 31.0 Å². The van der Waals surface area contributed by atoms with Crippen molar-refractivity contribution in [2.24, 2.45) is 10.9 Å². The highest BCUT2D eigenvalue weighted by atomic mass is 17.1. The summed E-state index contributed by atoms with van der Waals surface area (Å²) in [4.78, 5) is 19.0. The molecule has 0 spiro atoms. The van der Waals surface area contributed by atoms with Crippen molar-refractivity contribution in [1.29, 1.82) is 5.26 Å². The molecule has 0 unspecified atom stereocenters. The van der Waals surface area contributed by atoms with E-state index < -0.39 is 0 Å². The maximum atomic E-state index is 9.04. The summed E-state index contributed by atoms with van der Waals surface area (Å²) in [7, 11) is 1.54. The smallest absolute Gasteiger partial charge is 0.256 e. The molecular formula is C21H21N7O3. The maximum absolute atomic E-state index is 9.04. The van der Waals surface area contributed by atoms with Crippen LogP contribution in [0.2, 0.25) is 0 Å². The third-order valence-electron chi connectivity index (χ3n) is 4.52. The van der Waals surface area contributed by atoms with Crippen LogP contribution in [-0.2, 0) is 11.3 Å². The molecule has 0 radical (unpaired) electrons. The first-order chi connectivity index (χ1) is 15.1. The lowest BCUT2D eigenvalue weighted by Crippen LogP contribution is -2.35. The average molecular weight is 419 g/mol. The molecule has 0 atom stereocenters. The van der Waals surface area contributed by atoms with Crippen molar-refractivity contribution in [3.8, 4) is 23.2 Å². The lowest BCUT2D eigenvalue weighted by Gasteiger charge is -2.24. The van der Waals surface area contributed by atoms with Gasteiger partial charge in [-0.15, -0.1) is 0 Å². The van der Waals surface area contributed by atoms with Gasteiger partial charge in [0.15, 0.2) is 5.84 Å². The molecule has 0 bridgehead atoms. The van der Waals surface area contributed by atoms with E-state index >= 15 is 0 Å². The molecule has 0 aliphatic rings. The molecule has 1 aromatic carbocycles. The lowest BCUT2D eigenvalue weighted by molar-refractivity contribution is -0.141. The monoisotopic (exact) mass is 419 g/mol. The molecule has 0 aliphatic heterocycles. The number of nitrogens with zero attached hydrogens (tertiary/aromatic N) is 6. The van der Waals surface area contributed by atoms with Gasteiger partial charge in [0.1, 0.15) is 6.61 Å². The Morgan fingerprint density at radius 3 is 2.58 bits per heavy atom. The Bertz CT molecular complexity index is 1090. The molecule has 0 aliphatic carbocycles. The normalized spacial score (nSPS) is 11.1. The predicted octanol–water partition coefficient (Wildman–Crippen LogP) is 2.50. The molecule has 31 heavy (non-hydrogen) atoms. The number of aromatic nitrogens is 3. The van der Waals surface area contributed by atoms with Gasteiger partial charge in [-0.1, -0.05) is 6.07 Å². The minimum atomic E-state index is 0.0589. The molecule has 10 heteroatoms. The second-order valence-corrected chi connectivity index (χ2v) is 6.54. The highest BCUT2D eigenvalue weighted by Crippen LogP contribution is 2.23. The van der Waals surface area contributed by atoms with Crippen LogP contribution in [0.3, 0.4) is 0 Å². The Hall–Kier alpha value is -4.07. The molecule has 10 nitrogen and oxygen atoms in total. The van der Waals surface area contributed by atoms with Crippen molar-refractivity contribution >= 4 is 11.5 Å². The first-order valence-electron chi connectivity index (χ1n) is 9.22. The molecule has 3 N–H and O–H groups in total. The number of nitriles is 1. The van der Waals surface area contributed by atoms with Gasteiger partial charge in [-0.2, -0.15) is 10.4 Å². The van der Waals surface area contributed by atoms with E-state index in [4.69, 9.17) is 21.1 Å². The number of benzene rings is 1. The summed E-state index contributed by atoms with van der Waals surface area (Å²) >= 11 is 0. The van der Waals surface area contributed by atoms with Crippen LogP contribution in [0.25, 0.3) is 11.3 Å². The minimum absolute atomic E-state index is 0.0589. The standard InChI is InChI=1S/C21H21N7O3/c1-14-7-15(8-22)3-5-18(14)19-11-24-16(9-25-19)12-28(20(27-23)13-30-2)17-4-6-21(31-29)26-10-17/h3-7,9-11,29H,12-13,23H2,1-2H3/b27-20-. The Labute approximate surface area is 179 Å². The fourth-order valence-electron chi connectivity index (χ4n) is 2.99. The molecule has 0 fully saturated rings. The highest BCUT2D eigenvalue weighted by Gasteiger charge is 2.17. The van der Waals surface area contributed by atoms with Crippen molar-refractivity contribution in [2.45, 2.75) is 13.5 Å². The van der Waals surface area contributed by atoms with Crippen LogP contribution in [0.5, 0.6) is 5.88 Å². The number of nitrogens with two attached hydrogens (primary N) is 1. The molecular weight excluding hydrogens is 398 g/mol. The summed E-state index contributed by atoms with van der Waals surface area (Å²) in [5.74, 6) is 6.08. The fraction of sp³-hybridized carbons (Fsp3) is 0.190. The number of aryl methyl sites for hydroxylation is 1. The van der Waals surface area contributed by atoms with Crippen molar-refractivity contribution in [3.63, 3.8) is 0 Å². The summed E-state index contributed by atoms with van der Waals surface area (Å²) in [6, 6.07) is 10.8. The van der Waals surface area contributed by atoms with E-state index in [-0.39, 0.29) is 12.5 Å². The summed E-state index contributed by atoms with van der Waals surface area (Å²) in [6.45, 7) is 2.40. The van der Waals surface area contributed by atoms with E-state index in [0.717, 1.165) is 11.1 Å². The van der Waals surface area contributed by atoms with Crippen molar-refractivity contribution in [2.75, 3.05) is 18.6 Å². The minimum Gasteiger partial charge on any atom is -0.377 e. The first-order valence-corrected chi connectivity index (χ1v) is 9.22. The highest BCUT2D eigenvalue weighted by molar-refractivity contribution is 5.98. The number of hydrogen-bond acceptors (Lipinski definition) is 9. The SMILES string of the molecule is COC/C(=N/N)N(Cc1cnc(-c2ccc(C#N)cc2C)cn1)c1ccc(OO)nc1. The number of hydrazone groups is 1. The Balaban J connectivity index is 1.88. The average Bonchev–Trinajstić information content (AvgIpc) is 2.82. The number of hydrogen-bond donors (Lipinski definition) is 2. The summed E-state index contributed by atoms with van der Waals surface area (Å²) in [5.41, 5.74) is 4.46. The van der Waals surface area contributed by atoms with Gasteiger partial charge < -0.3 is 20.4 Å². The summed E-state index contributed by atoms with van der Waals surface area (Å²) in [6.07, 6.45) is 4.85. The van der Waals surface area contributed by atoms with Crippen LogP contribution in [0.4, 0.5) is 5.69 Å². The largest absolute Gasteiger partial charge is 0.377 e. The van der Waals surface area contributed by atoms with Crippen LogP contribution in [0.15, 0.2) is 54.0 Å². The van der Waals surface area contributed by atoms with Gasteiger partial charge >= 0.3 is 0 Å². The van der Waals surface area contributed by atoms with Crippen LogP contribution >= 0.6 is 0 Å². The zero-order chi connectivity index (χ0) is 22.2. The molecule has 3 aromatic rings. The Morgan fingerprint density at radius 1 is 1.19 bits per heavy atom. The van der Waals surface area contributed by atoms with E-state index in [1.54, 1.807) is 36.5 Å². The molecule has 0 saturated carbocycles. The van der Waals surface area contributed by atoms with E-state index in [9.17, 15) is 0 Å². The predicted molar refractivity (Wildman–Crippen MR) is 114 cm³/mol. The topological polar surface area (TPSA) is 143 Å². The van der Waals surface area contributed by atoms with E-state index in [1.807, 2.05) is 19.1 Å². The quantitative estimate of drug-likeness (QED) is 0.194. The van der Waals surface area contributed by atoms with E-state index in [1.165, 1.54) is 12.3 Å². The van der Waals surface area contributed by atoms with Gasteiger partial charge in [-0.3, -0.25) is 9.97 Å². The number of amidine groups is 1. The second-order valence-electron chi connectivity index (χ2n) is 6.54. The van der Waals surface area contributed by atoms with Crippen molar-refractivity contribution in [1.82, 2.24) is 15.0 Å². The summed E-state index contributed by atoms with van der Waals surface area (Å²) in [5, 5.41) is 21.6. The zero-order valence-electron chi connectivity index (χ0n) is 17.1. The number of pyridine rings is 1. The molecule has 0 saturated heterocycles. The number of methoxy groups -OCH3 is 1. The lowest BCUT2D eigenvalue weighted by atomic mass is 10.0. The van der Waals surface area contributed by atoms with Gasteiger partial charge in [0.25, 0.3) is 5.88 Å². The number of ether oxygens (including phenoxy) is 1. The third kappa shape index (κ3) is 5.11. The van der Waals surface area contributed by atoms with Gasteiger partial charge in [0.2, 0.25) is 0 Å². The Kier molecular flexibility index (Phi) is 7.05. The van der Waals surface area contributed by atoms with Gasteiger partial charge in [-0.25, -0.2) is 10.2 Å². The maximum Gasteiger partial charge on any atom is 0.256 e. The molecule has 2 heterocycles. The van der Waals surface area contributed by atoms with Crippen molar-refractivity contribution < 1.29 is 14.9 Å². The first kappa shape index (κ1) is 21.6. The third-order valence-corrected chi connectivity index (χ3v) is 4.52. The van der Waals surface area contributed by atoms with Crippen LogP contribution in [-0.4, -0.2) is 39.8 Å². The summed E-state index contributed by atoms with van der Waals surface area (Å²) < 4.78 is 5.19. The van der Waals surface area contributed by atoms with Crippen molar-refractivity contribution in [3.05, 3.63) is 65.7 Å². The Morgan fingerprint density at radius 2 is 2.03 bits per heavy atom. The van der Waals surface area contributed by atoms with E-state index in [0.29, 0.717) is 35.0 Å². The number of anilines is 1. The van der Waals surface area contributed by atoms with Gasteiger partial charge in [0, 0.05) is 18.7 Å². The van der Waals surface area contributed by atoms with Gasteiger partial charge in [0.05, 0.1) is 53.8 Å². The zero-order valence-corrected chi connectivity index (χ0v) is 17.1. The van der Waals surface area contributed by atoms with Gasteiger partial charge in [-0.05, 0) is 30.7 Å². The molecule has 3 rings (SSSR count). The molecule has 158 valence electrons. The fourth-order valence-corrected chi connectivity index (χ4v) is 2.99.